The van der Waals surface area contributed by atoms with Gasteiger partial charge in [0.05, 0.1) is 13.2 Å². The van der Waals surface area contributed by atoms with E-state index in [0.717, 1.165) is 0 Å². The highest BCUT2D eigenvalue weighted by Gasteiger charge is 2.32. The molecule has 0 aromatic rings. The zero-order valence-corrected chi connectivity index (χ0v) is 10.2. The van der Waals surface area contributed by atoms with Gasteiger partial charge in [0.1, 0.15) is 5.60 Å². The van der Waals surface area contributed by atoms with Crippen LogP contribution in [0, 0.1) is 5.92 Å². The van der Waals surface area contributed by atoms with Crippen LogP contribution in [0.1, 0.15) is 27.2 Å². The summed E-state index contributed by atoms with van der Waals surface area (Å²) in [6, 6.07) is -0.115. The van der Waals surface area contributed by atoms with E-state index in [1.54, 1.807) is 0 Å². The SMILES string of the molecule is CC(C)[C@@H](C)NC(=O)NC[C@@]1(O)CCOC1. The third-order valence-electron chi connectivity index (χ3n) is 3.02. The summed E-state index contributed by atoms with van der Waals surface area (Å²) in [6.45, 7) is 7.14. The van der Waals surface area contributed by atoms with Gasteiger partial charge < -0.3 is 20.5 Å². The molecule has 0 aromatic carbocycles. The van der Waals surface area contributed by atoms with Gasteiger partial charge in [-0.05, 0) is 12.8 Å². The molecule has 1 fully saturated rings. The highest BCUT2D eigenvalue weighted by Crippen LogP contribution is 2.16. The zero-order chi connectivity index (χ0) is 12.2. The van der Waals surface area contributed by atoms with Gasteiger partial charge in [-0.3, -0.25) is 0 Å². The van der Waals surface area contributed by atoms with Crippen LogP contribution < -0.4 is 10.6 Å². The number of ether oxygens (including phenoxy) is 1. The normalized spacial score (nSPS) is 26.8. The lowest BCUT2D eigenvalue weighted by Crippen LogP contribution is -2.49. The van der Waals surface area contributed by atoms with E-state index in [2.05, 4.69) is 10.6 Å². The van der Waals surface area contributed by atoms with Gasteiger partial charge in [0, 0.05) is 19.1 Å². The van der Waals surface area contributed by atoms with E-state index < -0.39 is 5.60 Å². The Kier molecular flexibility index (Phi) is 4.56. The van der Waals surface area contributed by atoms with Crippen LogP contribution >= 0.6 is 0 Å². The second-order valence-corrected chi connectivity index (χ2v) is 4.89. The molecule has 0 unspecified atom stereocenters. The maximum atomic E-state index is 11.5. The van der Waals surface area contributed by atoms with Gasteiger partial charge in [0.25, 0.3) is 0 Å². The summed E-state index contributed by atoms with van der Waals surface area (Å²) < 4.78 is 5.09. The minimum Gasteiger partial charge on any atom is -0.386 e. The number of hydrogen-bond acceptors (Lipinski definition) is 3. The third-order valence-corrected chi connectivity index (χ3v) is 3.02. The number of aliphatic hydroxyl groups is 1. The molecular weight excluding hydrogens is 208 g/mol. The van der Waals surface area contributed by atoms with Crippen molar-refractivity contribution < 1.29 is 14.6 Å². The monoisotopic (exact) mass is 230 g/mol. The molecule has 0 aliphatic carbocycles. The number of carbonyl (C=O) groups is 1. The fourth-order valence-electron chi connectivity index (χ4n) is 1.41. The van der Waals surface area contributed by atoms with Crippen LogP contribution in [0.15, 0.2) is 0 Å². The van der Waals surface area contributed by atoms with Crippen molar-refractivity contribution >= 4 is 6.03 Å². The Morgan fingerprint density at radius 3 is 2.69 bits per heavy atom. The highest BCUT2D eigenvalue weighted by atomic mass is 16.5. The lowest BCUT2D eigenvalue weighted by atomic mass is 10.0. The van der Waals surface area contributed by atoms with E-state index in [0.29, 0.717) is 25.6 Å². The summed E-state index contributed by atoms with van der Waals surface area (Å²) in [6.07, 6.45) is 0.576. The third kappa shape index (κ3) is 3.98. The van der Waals surface area contributed by atoms with E-state index in [1.165, 1.54) is 0 Å². The lowest BCUT2D eigenvalue weighted by molar-refractivity contribution is 0.0291. The van der Waals surface area contributed by atoms with E-state index >= 15 is 0 Å². The van der Waals surface area contributed by atoms with E-state index in [9.17, 15) is 9.90 Å². The summed E-state index contributed by atoms with van der Waals surface area (Å²) in [5, 5.41) is 15.4. The Bertz CT molecular complexity index is 237. The predicted molar refractivity (Wildman–Crippen MR) is 61.2 cm³/mol. The van der Waals surface area contributed by atoms with Crippen molar-refractivity contribution in [3.05, 3.63) is 0 Å². The topological polar surface area (TPSA) is 70.6 Å². The molecule has 2 atom stereocenters. The van der Waals surface area contributed by atoms with Crippen molar-refractivity contribution in [3.8, 4) is 0 Å². The van der Waals surface area contributed by atoms with Gasteiger partial charge in [0.2, 0.25) is 0 Å². The molecule has 1 saturated heterocycles. The van der Waals surface area contributed by atoms with Crippen molar-refractivity contribution in [2.75, 3.05) is 19.8 Å². The van der Waals surface area contributed by atoms with Crippen molar-refractivity contribution in [1.82, 2.24) is 10.6 Å². The quantitative estimate of drug-likeness (QED) is 0.658. The maximum Gasteiger partial charge on any atom is 0.315 e. The molecule has 94 valence electrons. The van der Waals surface area contributed by atoms with Gasteiger partial charge in [-0.25, -0.2) is 4.79 Å². The molecule has 0 saturated carbocycles. The minimum atomic E-state index is -0.890. The summed E-state index contributed by atoms with van der Waals surface area (Å²) in [7, 11) is 0. The fraction of sp³-hybridized carbons (Fsp3) is 0.909. The summed E-state index contributed by atoms with van der Waals surface area (Å²) >= 11 is 0. The van der Waals surface area contributed by atoms with E-state index in [4.69, 9.17) is 4.74 Å². The Morgan fingerprint density at radius 1 is 1.50 bits per heavy atom. The average Bonchev–Trinajstić information content (AvgIpc) is 2.63. The van der Waals surface area contributed by atoms with Crippen LogP contribution in [-0.4, -0.2) is 42.5 Å². The molecule has 0 spiro atoms. The first-order valence-corrected chi connectivity index (χ1v) is 5.77. The number of rotatable bonds is 4. The molecule has 2 amide bonds. The smallest absolute Gasteiger partial charge is 0.315 e. The second-order valence-electron chi connectivity index (χ2n) is 4.89. The predicted octanol–water partition coefficient (Wildman–Crippen LogP) is 0.481. The van der Waals surface area contributed by atoms with Crippen LogP contribution in [0.2, 0.25) is 0 Å². The van der Waals surface area contributed by atoms with Gasteiger partial charge >= 0.3 is 6.03 Å². The van der Waals surface area contributed by atoms with Crippen LogP contribution in [0.5, 0.6) is 0 Å². The first kappa shape index (κ1) is 13.3. The molecule has 5 heteroatoms. The molecule has 0 bridgehead atoms. The van der Waals surface area contributed by atoms with E-state index in [1.807, 2.05) is 20.8 Å². The molecule has 16 heavy (non-hydrogen) atoms. The van der Waals surface area contributed by atoms with Crippen LogP contribution in [-0.2, 0) is 4.74 Å². The molecule has 1 aliphatic heterocycles. The number of nitrogens with one attached hydrogen (secondary N) is 2. The van der Waals surface area contributed by atoms with Gasteiger partial charge in [-0.2, -0.15) is 0 Å². The Morgan fingerprint density at radius 2 is 2.19 bits per heavy atom. The first-order valence-electron chi connectivity index (χ1n) is 5.77. The molecule has 0 radical (unpaired) electrons. The van der Waals surface area contributed by atoms with Crippen molar-refractivity contribution in [2.24, 2.45) is 5.92 Å². The van der Waals surface area contributed by atoms with Crippen LogP contribution in [0.25, 0.3) is 0 Å². The number of carbonyl (C=O) groups excluding carboxylic acids is 1. The molecule has 1 aliphatic rings. The largest absolute Gasteiger partial charge is 0.386 e. The van der Waals surface area contributed by atoms with Crippen LogP contribution in [0.4, 0.5) is 4.79 Å². The van der Waals surface area contributed by atoms with Gasteiger partial charge in [-0.15, -0.1) is 0 Å². The second kappa shape index (κ2) is 5.50. The first-order chi connectivity index (χ1) is 7.43. The molecule has 0 aromatic heterocycles. The van der Waals surface area contributed by atoms with Crippen LogP contribution in [0.3, 0.4) is 0 Å². The maximum absolute atomic E-state index is 11.5. The number of hydrogen-bond donors (Lipinski definition) is 3. The fourth-order valence-corrected chi connectivity index (χ4v) is 1.41. The molecule has 5 nitrogen and oxygen atoms in total. The number of amides is 2. The summed E-state index contributed by atoms with van der Waals surface area (Å²) in [5.74, 6) is 0.392. The lowest BCUT2D eigenvalue weighted by Gasteiger charge is -2.23. The molecule has 3 N–H and O–H groups in total. The Labute approximate surface area is 96.6 Å². The van der Waals surface area contributed by atoms with Gasteiger partial charge in [-0.1, -0.05) is 13.8 Å². The molecule has 1 rings (SSSR count). The Hall–Kier alpha value is -0.810. The summed E-state index contributed by atoms with van der Waals surface area (Å²) in [5.41, 5.74) is -0.890. The van der Waals surface area contributed by atoms with Crippen molar-refractivity contribution in [1.29, 1.82) is 0 Å². The van der Waals surface area contributed by atoms with Crippen molar-refractivity contribution in [2.45, 2.75) is 38.8 Å². The average molecular weight is 230 g/mol. The standard InChI is InChI=1S/C11H22N2O3/c1-8(2)9(3)13-10(14)12-6-11(15)4-5-16-7-11/h8-9,15H,4-7H2,1-3H3,(H2,12,13,14)/t9-,11+/m1/s1. The van der Waals surface area contributed by atoms with E-state index in [-0.39, 0.29) is 18.6 Å². The minimum absolute atomic E-state index is 0.120. The number of urea groups is 1. The Balaban J connectivity index is 2.24. The summed E-state index contributed by atoms with van der Waals surface area (Å²) in [4.78, 5) is 11.5. The molecule has 1 heterocycles. The molecular formula is C11H22N2O3. The zero-order valence-electron chi connectivity index (χ0n) is 10.2. The van der Waals surface area contributed by atoms with Crippen molar-refractivity contribution in [3.63, 3.8) is 0 Å². The highest BCUT2D eigenvalue weighted by molar-refractivity contribution is 5.74. The van der Waals surface area contributed by atoms with Gasteiger partial charge in [0.15, 0.2) is 0 Å².